The topological polar surface area (TPSA) is 59.6 Å². The molecule has 1 amide bonds. The summed E-state index contributed by atoms with van der Waals surface area (Å²) < 4.78 is 11.1. The maximum Gasteiger partial charge on any atom is 0.262 e. The van der Waals surface area contributed by atoms with E-state index in [0.717, 1.165) is 16.7 Å². The van der Waals surface area contributed by atoms with Crippen molar-refractivity contribution in [2.45, 2.75) is 20.0 Å². The number of nitrogens with one attached hydrogen (secondary N) is 2. The Labute approximate surface area is 192 Å². The largest absolute Gasteiger partial charge is 0.493 e. The van der Waals surface area contributed by atoms with E-state index in [9.17, 15) is 4.79 Å². The highest BCUT2D eigenvalue weighted by molar-refractivity contribution is 6.31. The van der Waals surface area contributed by atoms with Gasteiger partial charge in [0.25, 0.3) is 5.91 Å². The molecule has 0 aliphatic carbocycles. The number of anilines is 1. The predicted molar refractivity (Wildman–Crippen MR) is 125 cm³/mol. The Balaban J connectivity index is 1.58. The Morgan fingerprint density at radius 1 is 0.903 bits per heavy atom. The summed E-state index contributed by atoms with van der Waals surface area (Å²) >= 11 is 12.6. The Morgan fingerprint density at radius 2 is 1.61 bits per heavy atom. The van der Waals surface area contributed by atoms with E-state index >= 15 is 0 Å². The van der Waals surface area contributed by atoms with Crippen molar-refractivity contribution in [3.8, 4) is 11.5 Å². The minimum Gasteiger partial charge on any atom is -0.493 e. The summed E-state index contributed by atoms with van der Waals surface area (Å²) in [5, 5.41) is 7.34. The molecule has 7 heteroatoms. The van der Waals surface area contributed by atoms with Gasteiger partial charge in [-0.1, -0.05) is 59.1 Å². The molecule has 0 bridgehead atoms. The van der Waals surface area contributed by atoms with Crippen LogP contribution in [0.2, 0.25) is 10.0 Å². The summed E-state index contributed by atoms with van der Waals surface area (Å²) in [5.41, 5.74) is 3.69. The van der Waals surface area contributed by atoms with E-state index in [1.807, 2.05) is 55.5 Å². The lowest BCUT2D eigenvalue weighted by Gasteiger charge is -2.14. The number of carbonyl (C=O) groups is 1. The highest BCUT2D eigenvalue weighted by Gasteiger charge is 2.13. The number of methoxy groups -OCH3 is 1. The van der Waals surface area contributed by atoms with Crippen LogP contribution in [-0.2, 0) is 17.9 Å². The quantitative estimate of drug-likeness (QED) is 0.436. The van der Waals surface area contributed by atoms with Crippen LogP contribution in [0.25, 0.3) is 0 Å². The van der Waals surface area contributed by atoms with Crippen LogP contribution < -0.4 is 20.1 Å². The maximum atomic E-state index is 12.2. The van der Waals surface area contributed by atoms with Crippen molar-refractivity contribution in [1.82, 2.24) is 5.32 Å². The van der Waals surface area contributed by atoms with Crippen molar-refractivity contribution >= 4 is 34.8 Å². The summed E-state index contributed by atoms with van der Waals surface area (Å²) in [6.45, 7) is 2.95. The fourth-order valence-corrected chi connectivity index (χ4v) is 3.36. The third-order valence-electron chi connectivity index (χ3n) is 4.62. The van der Waals surface area contributed by atoms with E-state index in [1.54, 1.807) is 19.2 Å². The van der Waals surface area contributed by atoms with Gasteiger partial charge in [-0.05, 0) is 42.3 Å². The molecule has 2 N–H and O–H groups in total. The SMILES string of the molecule is COc1cc(CNCc2ccccc2Cl)c(Cl)cc1OCC(=O)Nc1ccc(C)cc1. The van der Waals surface area contributed by atoms with Crippen molar-refractivity contribution in [3.63, 3.8) is 0 Å². The molecular formula is C24H24Cl2N2O3. The van der Waals surface area contributed by atoms with Crippen LogP contribution in [0.1, 0.15) is 16.7 Å². The zero-order valence-electron chi connectivity index (χ0n) is 17.4. The molecule has 3 aromatic carbocycles. The minimum atomic E-state index is -0.271. The number of benzene rings is 3. The fourth-order valence-electron chi connectivity index (χ4n) is 2.94. The molecule has 5 nitrogen and oxygen atoms in total. The van der Waals surface area contributed by atoms with Gasteiger partial charge in [0.15, 0.2) is 18.1 Å². The Bertz CT molecular complexity index is 1040. The summed E-state index contributed by atoms with van der Waals surface area (Å²) in [6, 6.07) is 18.7. The van der Waals surface area contributed by atoms with Gasteiger partial charge in [0.05, 0.1) is 7.11 Å². The van der Waals surface area contributed by atoms with Crippen LogP contribution in [0.15, 0.2) is 60.7 Å². The number of ether oxygens (including phenoxy) is 2. The van der Waals surface area contributed by atoms with Crippen molar-refractivity contribution in [3.05, 3.63) is 87.4 Å². The predicted octanol–water partition coefficient (Wildman–Crippen LogP) is 5.62. The molecule has 0 aliphatic rings. The standard InChI is InChI=1S/C24H24Cl2N2O3/c1-16-7-9-19(10-8-16)28-24(29)15-31-23-12-21(26)18(11-22(23)30-2)14-27-13-17-5-3-4-6-20(17)25/h3-12,27H,13-15H2,1-2H3,(H,28,29). The van der Waals surface area contributed by atoms with E-state index < -0.39 is 0 Å². The molecule has 0 aliphatic heterocycles. The molecule has 0 spiro atoms. The minimum absolute atomic E-state index is 0.162. The van der Waals surface area contributed by atoms with Gasteiger partial charge in [0.2, 0.25) is 0 Å². The molecule has 162 valence electrons. The first-order chi connectivity index (χ1) is 15.0. The van der Waals surface area contributed by atoms with Gasteiger partial charge < -0.3 is 20.1 Å². The molecule has 0 saturated heterocycles. The zero-order valence-corrected chi connectivity index (χ0v) is 18.9. The molecule has 3 rings (SSSR count). The van der Waals surface area contributed by atoms with Gasteiger partial charge in [0, 0.05) is 34.9 Å². The third kappa shape index (κ3) is 6.62. The summed E-state index contributed by atoms with van der Waals surface area (Å²) in [5.74, 6) is 0.635. The first-order valence-electron chi connectivity index (χ1n) is 9.76. The number of amides is 1. The van der Waals surface area contributed by atoms with Crippen LogP contribution in [-0.4, -0.2) is 19.6 Å². The van der Waals surface area contributed by atoms with Gasteiger partial charge in [-0.3, -0.25) is 4.79 Å². The number of hydrogen-bond acceptors (Lipinski definition) is 4. The number of carbonyl (C=O) groups excluding carboxylic acids is 1. The molecule has 0 aromatic heterocycles. The van der Waals surface area contributed by atoms with E-state index in [2.05, 4.69) is 10.6 Å². The summed E-state index contributed by atoms with van der Waals surface area (Å²) in [4.78, 5) is 12.2. The normalized spacial score (nSPS) is 10.6. The Morgan fingerprint density at radius 3 is 2.32 bits per heavy atom. The first kappa shape index (κ1) is 22.9. The first-order valence-corrected chi connectivity index (χ1v) is 10.5. The second-order valence-corrected chi connectivity index (χ2v) is 7.81. The molecule has 0 heterocycles. The monoisotopic (exact) mass is 458 g/mol. The van der Waals surface area contributed by atoms with Gasteiger partial charge in [-0.25, -0.2) is 0 Å². The highest BCUT2D eigenvalue weighted by atomic mass is 35.5. The third-order valence-corrected chi connectivity index (χ3v) is 5.34. The Hall–Kier alpha value is -2.73. The average Bonchev–Trinajstić information content (AvgIpc) is 2.76. The molecule has 0 saturated carbocycles. The zero-order chi connectivity index (χ0) is 22.2. The van der Waals surface area contributed by atoms with Crippen molar-refractivity contribution < 1.29 is 14.3 Å². The van der Waals surface area contributed by atoms with E-state index in [-0.39, 0.29) is 12.5 Å². The lowest BCUT2D eigenvalue weighted by atomic mass is 10.1. The second kappa shape index (κ2) is 11.0. The fraction of sp³-hybridized carbons (Fsp3) is 0.208. The molecule has 0 unspecified atom stereocenters. The smallest absolute Gasteiger partial charge is 0.262 e. The van der Waals surface area contributed by atoms with Crippen molar-refractivity contribution in [2.24, 2.45) is 0 Å². The van der Waals surface area contributed by atoms with Crippen molar-refractivity contribution in [1.29, 1.82) is 0 Å². The van der Waals surface area contributed by atoms with Crippen molar-refractivity contribution in [2.75, 3.05) is 19.0 Å². The van der Waals surface area contributed by atoms with E-state index in [0.29, 0.717) is 40.3 Å². The average molecular weight is 459 g/mol. The molecule has 0 radical (unpaired) electrons. The molecule has 31 heavy (non-hydrogen) atoms. The molecule has 0 atom stereocenters. The van der Waals surface area contributed by atoms with Crippen LogP contribution in [0.4, 0.5) is 5.69 Å². The van der Waals surface area contributed by atoms with Crippen LogP contribution in [0, 0.1) is 6.92 Å². The molecule has 3 aromatic rings. The van der Waals surface area contributed by atoms with Crippen LogP contribution in [0.5, 0.6) is 11.5 Å². The summed E-state index contributed by atoms with van der Waals surface area (Å²) in [7, 11) is 1.55. The number of halogens is 2. The molecule has 0 fully saturated rings. The van der Waals surface area contributed by atoms with Gasteiger partial charge in [-0.2, -0.15) is 0 Å². The van der Waals surface area contributed by atoms with Gasteiger partial charge in [-0.15, -0.1) is 0 Å². The number of rotatable bonds is 9. The maximum absolute atomic E-state index is 12.2. The number of hydrogen-bond donors (Lipinski definition) is 2. The summed E-state index contributed by atoms with van der Waals surface area (Å²) in [6.07, 6.45) is 0. The Kier molecular flexibility index (Phi) is 8.18. The van der Waals surface area contributed by atoms with Crippen LogP contribution >= 0.6 is 23.2 Å². The molecular weight excluding hydrogens is 435 g/mol. The van der Waals surface area contributed by atoms with Crippen LogP contribution in [0.3, 0.4) is 0 Å². The van der Waals surface area contributed by atoms with Gasteiger partial charge >= 0.3 is 0 Å². The lowest BCUT2D eigenvalue weighted by Crippen LogP contribution is -2.20. The van der Waals surface area contributed by atoms with E-state index in [1.165, 1.54) is 0 Å². The van der Waals surface area contributed by atoms with E-state index in [4.69, 9.17) is 32.7 Å². The van der Waals surface area contributed by atoms with Gasteiger partial charge in [0.1, 0.15) is 0 Å². The second-order valence-electron chi connectivity index (χ2n) is 6.99. The number of aryl methyl sites for hydroxylation is 1. The lowest BCUT2D eigenvalue weighted by molar-refractivity contribution is -0.118. The highest BCUT2D eigenvalue weighted by Crippen LogP contribution is 2.33.